The van der Waals surface area contributed by atoms with E-state index in [1.54, 1.807) is 19.1 Å². The quantitative estimate of drug-likeness (QED) is 0.711. The van der Waals surface area contributed by atoms with Gasteiger partial charge in [-0.2, -0.15) is 0 Å². The molecule has 1 fully saturated rings. The van der Waals surface area contributed by atoms with E-state index < -0.39 is 29.2 Å². The molecule has 3 aliphatic rings. The van der Waals surface area contributed by atoms with Gasteiger partial charge >= 0.3 is 11.9 Å². The fourth-order valence-corrected chi connectivity index (χ4v) is 4.64. The normalized spacial score (nSPS) is 26.0. The number of nitrogens with one attached hydrogen (secondary N) is 1. The lowest BCUT2D eigenvalue weighted by atomic mass is 9.82. The van der Waals surface area contributed by atoms with Crippen LogP contribution in [0.15, 0.2) is 41.1 Å². The van der Waals surface area contributed by atoms with Crippen molar-refractivity contribution in [2.24, 2.45) is 5.73 Å². The fourth-order valence-electron chi connectivity index (χ4n) is 4.64. The Kier molecular flexibility index (Phi) is 4.83. The van der Waals surface area contributed by atoms with Gasteiger partial charge in [0, 0.05) is 23.8 Å². The zero-order valence-corrected chi connectivity index (χ0v) is 18.0. The number of hydrogen-bond acceptors (Lipinski definition) is 7. The molecule has 8 nitrogen and oxygen atoms in total. The van der Waals surface area contributed by atoms with Gasteiger partial charge in [0.2, 0.25) is 17.2 Å². The Balaban J connectivity index is 2.03. The minimum atomic E-state index is -1.94. The Morgan fingerprint density at radius 2 is 2.06 bits per heavy atom. The van der Waals surface area contributed by atoms with Gasteiger partial charge < -0.3 is 25.3 Å². The number of ketones is 1. The molecule has 8 heteroatoms. The van der Waals surface area contributed by atoms with Crippen LogP contribution in [0.4, 0.5) is 4.79 Å². The number of allylic oxidation sites excluding steroid dienone is 2. The van der Waals surface area contributed by atoms with Crippen LogP contribution in [0.2, 0.25) is 0 Å². The van der Waals surface area contributed by atoms with Gasteiger partial charge in [0.1, 0.15) is 5.75 Å². The Hall–Kier alpha value is -3.29. The predicted octanol–water partition coefficient (Wildman–Crippen LogP) is 2.92. The van der Waals surface area contributed by atoms with Crippen LogP contribution < -0.4 is 15.8 Å². The summed E-state index contributed by atoms with van der Waals surface area (Å²) < 4.78 is 17.1. The summed E-state index contributed by atoms with van der Waals surface area (Å²) in [7, 11) is 0. The maximum Gasteiger partial charge on any atom is 0.511 e. The molecule has 2 atom stereocenters. The fraction of sp³-hybridized carbons (Fsp3) is 0.435. The molecule has 31 heavy (non-hydrogen) atoms. The second-order valence-electron chi connectivity index (χ2n) is 8.23. The number of benzene rings is 1. The topological polar surface area (TPSA) is 117 Å². The molecule has 0 spiro atoms. The Morgan fingerprint density at radius 1 is 1.32 bits per heavy atom. The molecule has 0 aromatic heterocycles. The van der Waals surface area contributed by atoms with Gasteiger partial charge in [0.15, 0.2) is 0 Å². The van der Waals surface area contributed by atoms with Crippen LogP contribution in [-0.2, 0) is 24.6 Å². The van der Waals surface area contributed by atoms with Crippen molar-refractivity contribution >= 4 is 17.8 Å². The Labute approximate surface area is 180 Å². The largest absolute Gasteiger partial charge is 0.511 e. The summed E-state index contributed by atoms with van der Waals surface area (Å²) in [6.07, 6.45) is 1.80. The molecule has 3 N–H and O–H groups in total. The molecule has 1 saturated carbocycles. The summed E-state index contributed by atoms with van der Waals surface area (Å²) >= 11 is 0. The van der Waals surface area contributed by atoms with Crippen molar-refractivity contribution in [2.75, 3.05) is 6.61 Å². The van der Waals surface area contributed by atoms with Crippen LogP contribution in [-0.4, -0.2) is 30.2 Å². The summed E-state index contributed by atoms with van der Waals surface area (Å²) in [4.78, 5) is 38.8. The molecule has 1 heterocycles. The molecule has 0 saturated heterocycles. The smallest absolute Gasteiger partial charge is 0.445 e. The van der Waals surface area contributed by atoms with Gasteiger partial charge in [-0.1, -0.05) is 32.1 Å². The number of carbonyl (C=O) groups excluding carboxylic acids is 3. The van der Waals surface area contributed by atoms with E-state index in [0.717, 1.165) is 5.56 Å². The van der Waals surface area contributed by atoms with Crippen molar-refractivity contribution in [3.63, 3.8) is 0 Å². The van der Waals surface area contributed by atoms with Gasteiger partial charge in [-0.15, -0.1) is 0 Å². The Morgan fingerprint density at radius 3 is 2.71 bits per heavy atom. The van der Waals surface area contributed by atoms with Crippen molar-refractivity contribution in [3.8, 4) is 5.75 Å². The van der Waals surface area contributed by atoms with Crippen molar-refractivity contribution in [1.82, 2.24) is 5.32 Å². The summed E-state index contributed by atoms with van der Waals surface area (Å²) in [5.41, 5.74) is 6.74. The van der Waals surface area contributed by atoms with E-state index in [-0.39, 0.29) is 18.1 Å². The standard InChI is InChI=1S/C23H26N2O6/c1-5-29-21(28)31-23-16-7-6-8-17(24)19(16)20(27)22(23,25-13(4)26)15-10-9-14(12(2)3)11-18(15)30-23/h7,9-12H,5-6,8,24H2,1-4H3,(H,25,26). The molecule has 4 rings (SSSR count). The highest BCUT2D eigenvalue weighted by Gasteiger charge is 2.77. The first-order valence-corrected chi connectivity index (χ1v) is 10.4. The lowest BCUT2D eigenvalue weighted by Crippen LogP contribution is -2.63. The summed E-state index contributed by atoms with van der Waals surface area (Å²) in [6.45, 7) is 7.07. The lowest BCUT2D eigenvalue weighted by Gasteiger charge is -2.36. The van der Waals surface area contributed by atoms with Crippen LogP contribution in [0.5, 0.6) is 5.75 Å². The molecule has 0 bridgehead atoms. The van der Waals surface area contributed by atoms with Crippen LogP contribution in [0.25, 0.3) is 0 Å². The Bertz CT molecular complexity index is 1060. The number of Topliss-reactive ketones (excluding diaryl/α,β-unsaturated/α-hetero) is 1. The summed E-state index contributed by atoms with van der Waals surface area (Å²) in [5.74, 6) is -2.33. The highest BCUT2D eigenvalue weighted by molar-refractivity contribution is 6.15. The number of ether oxygens (including phenoxy) is 3. The number of hydrogen-bond donors (Lipinski definition) is 2. The highest BCUT2D eigenvalue weighted by atomic mass is 16.8. The zero-order valence-electron chi connectivity index (χ0n) is 18.0. The molecular formula is C23H26N2O6. The van der Waals surface area contributed by atoms with Gasteiger partial charge in [0.25, 0.3) is 0 Å². The van der Waals surface area contributed by atoms with E-state index in [9.17, 15) is 14.4 Å². The van der Waals surface area contributed by atoms with E-state index in [1.165, 1.54) is 6.92 Å². The minimum absolute atomic E-state index is 0.0737. The van der Waals surface area contributed by atoms with E-state index in [0.29, 0.717) is 35.4 Å². The monoisotopic (exact) mass is 426 g/mol. The van der Waals surface area contributed by atoms with Gasteiger partial charge in [0.05, 0.1) is 12.2 Å². The van der Waals surface area contributed by atoms with Crippen LogP contribution in [0.1, 0.15) is 57.6 Å². The number of fused-ring (bicyclic) bond motifs is 5. The third kappa shape index (κ3) is 2.77. The average molecular weight is 426 g/mol. The second kappa shape index (κ2) is 7.14. The number of amides is 1. The maximum absolute atomic E-state index is 13.9. The zero-order chi connectivity index (χ0) is 22.6. The summed E-state index contributed by atoms with van der Waals surface area (Å²) in [6, 6.07) is 5.42. The third-order valence-electron chi connectivity index (χ3n) is 5.95. The number of nitrogens with two attached hydrogens (primary N) is 1. The van der Waals surface area contributed by atoms with Crippen LogP contribution >= 0.6 is 0 Å². The van der Waals surface area contributed by atoms with Crippen molar-refractivity contribution in [3.05, 3.63) is 52.2 Å². The molecule has 164 valence electrons. The van der Waals surface area contributed by atoms with E-state index in [1.807, 2.05) is 26.0 Å². The molecule has 1 aliphatic heterocycles. The number of rotatable bonds is 4. The first kappa shape index (κ1) is 21.0. The molecule has 2 aliphatic carbocycles. The summed E-state index contributed by atoms with van der Waals surface area (Å²) in [5, 5.41) is 2.76. The van der Waals surface area contributed by atoms with Crippen LogP contribution in [0.3, 0.4) is 0 Å². The maximum atomic E-state index is 13.9. The van der Waals surface area contributed by atoms with E-state index in [4.69, 9.17) is 19.9 Å². The van der Waals surface area contributed by atoms with Crippen molar-refractivity contribution in [2.45, 2.75) is 57.8 Å². The van der Waals surface area contributed by atoms with Gasteiger partial charge in [-0.3, -0.25) is 9.59 Å². The second-order valence-corrected chi connectivity index (χ2v) is 8.23. The molecule has 1 amide bonds. The minimum Gasteiger partial charge on any atom is -0.445 e. The lowest BCUT2D eigenvalue weighted by molar-refractivity contribution is -0.168. The molecule has 1 aromatic carbocycles. The first-order valence-electron chi connectivity index (χ1n) is 10.4. The van der Waals surface area contributed by atoms with E-state index >= 15 is 0 Å². The third-order valence-corrected chi connectivity index (χ3v) is 5.95. The molecule has 1 aromatic rings. The average Bonchev–Trinajstić information content (AvgIpc) is 3.06. The highest BCUT2D eigenvalue weighted by Crippen LogP contribution is 2.61. The molecule has 2 unspecified atom stereocenters. The van der Waals surface area contributed by atoms with Crippen molar-refractivity contribution < 1.29 is 28.6 Å². The van der Waals surface area contributed by atoms with Crippen LogP contribution in [0, 0.1) is 0 Å². The molecule has 0 radical (unpaired) electrons. The SMILES string of the molecule is CCOC(=O)OC12Oc3cc(C(C)C)ccc3C1(NC(C)=O)C(=O)C1=C(N)CCC=C12. The first-order chi connectivity index (χ1) is 14.7. The molecular weight excluding hydrogens is 400 g/mol. The van der Waals surface area contributed by atoms with Gasteiger partial charge in [-0.25, -0.2) is 4.79 Å². The van der Waals surface area contributed by atoms with E-state index in [2.05, 4.69) is 5.32 Å². The van der Waals surface area contributed by atoms with Gasteiger partial charge in [-0.05, 0) is 37.3 Å². The predicted molar refractivity (Wildman–Crippen MR) is 111 cm³/mol. The number of carbonyl (C=O) groups is 3. The van der Waals surface area contributed by atoms with Crippen molar-refractivity contribution in [1.29, 1.82) is 0 Å².